The van der Waals surface area contributed by atoms with Crippen LogP contribution in [0.15, 0.2) is 42.5 Å². The molecule has 0 saturated carbocycles. The van der Waals surface area contributed by atoms with E-state index in [4.69, 9.17) is 4.74 Å². The predicted octanol–water partition coefficient (Wildman–Crippen LogP) is 4.81. The lowest BCUT2D eigenvalue weighted by molar-refractivity contribution is -0.119. The fraction of sp³-hybridized carbons (Fsp3) is 0.381. The summed E-state index contributed by atoms with van der Waals surface area (Å²) in [4.78, 5) is 12.2. The standard InChI is InChI=1S/C21H27NO2S/c1-5-24-20-8-6-19(7-9-20)17(4)22-21(23)14-25-13-18-11-15(2)10-16(3)12-18/h6-12,17H,5,13-14H2,1-4H3,(H,22,23)/t17-/m1/s1. The lowest BCUT2D eigenvalue weighted by atomic mass is 10.1. The Morgan fingerprint density at radius 2 is 1.76 bits per heavy atom. The van der Waals surface area contributed by atoms with Crippen molar-refractivity contribution < 1.29 is 9.53 Å². The van der Waals surface area contributed by atoms with Crippen molar-refractivity contribution in [1.29, 1.82) is 0 Å². The molecule has 134 valence electrons. The van der Waals surface area contributed by atoms with Crippen LogP contribution in [0.1, 0.15) is 42.1 Å². The lowest BCUT2D eigenvalue weighted by Gasteiger charge is -2.15. The van der Waals surface area contributed by atoms with E-state index in [-0.39, 0.29) is 11.9 Å². The maximum absolute atomic E-state index is 12.2. The minimum Gasteiger partial charge on any atom is -0.494 e. The SMILES string of the molecule is CCOc1ccc([C@@H](C)NC(=O)CSCc2cc(C)cc(C)c2)cc1. The molecule has 1 atom stereocenters. The van der Waals surface area contributed by atoms with Gasteiger partial charge in [0.05, 0.1) is 18.4 Å². The number of carbonyl (C=O) groups excluding carboxylic acids is 1. The number of nitrogens with one attached hydrogen (secondary N) is 1. The van der Waals surface area contributed by atoms with Gasteiger partial charge in [0.2, 0.25) is 5.91 Å². The van der Waals surface area contributed by atoms with Gasteiger partial charge in [-0.1, -0.05) is 41.5 Å². The Bertz CT molecular complexity index is 677. The average Bonchev–Trinajstić information content (AvgIpc) is 2.55. The van der Waals surface area contributed by atoms with Gasteiger partial charge in [0.25, 0.3) is 0 Å². The average molecular weight is 358 g/mol. The summed E-state index contributed by atoms with van der Waals surface area (Å²) in [6.45, 7) is 8.83. The summed E-state index contributed by atoms with van der Waals surface area (Å²) >= 11 is 1.65. The van der Waals surface area contributed by atoms with E-state index < -0.39 is 0 Å². The first-order valence-electron chi connectivity index (χ1n) is 8.65. The van der Waals surface area contributed by atoms with Gasteiger partial charge in [0, 0.05) is 5.75 Å². The number of thioether (sulfide) groups is 1. The number of aryl methyl sites for hydroxylation is 2. The first-order chi connectivity index (χ1) is 12.0. The molecule has 3 nitrogen and oxygen atoms in total. The maximum atomic E-state index is 12.2. The minimum atomic E-state index is -0.00927. The second kappa shape index (κ2) is 9.52. The van der Waals surface area contributed by atoms with Gasteiger partial charge in [-0.25, -0.2) is 0 Å². The van der Waals surface area contributed by atoms with Gasteiger partial charge >= 0.3 is 0 Å². The molecule has 4 heteroatoms. The molecule has 1 N–H and O–H groups in total. The summed E-state index contributed by atoms with van der Waals surface area (Å²) < 4.78 is 5.44. The normalized spacial score (nSPS) is 11.8. The summed E-state index contributed by atoms with van der Waals surface area (Å²) in [7, 11) is 0. The topological polar surface area (TPSA) is 38.3 Å². The lowest BCUT2D eigenvalue weighted by Crippen LogP contribution is -2.28. The van der Waals surface area contributed by atoms with Crippen molar-refractivity contribution in [1.82, 2.24) is 5.32 Å². The van der Waals surface area contributed by atoms with Crippen molar-refractivity contribution in [3.8, 4) is 5.75 Å². The molecule has 0 bridgehead atoms. The van der Waals surface area contributed by atoms with E-state index >= 15 is 0 Å². The van der Waals surface area contributed by atoms with Gasteiger partial charge in [0.1, 0.15) is 5.75 Å². The second-order valence-corrected chi connectivity index (χ2v) is 7.27. The Morgan fingerprint density at radius 1 is 1.12 bits per heavy atom. The summed E-state index contributed by atoms with van der Waals surface area (Å²) in [5.74, 6) is 2.24. The number of ether oxygens (including phenoxy) is 1. The first-order valence-corrected chi connectivity index (χ1v) is 9.80. The second-order valence-electron chi connectivity index (χ2n) is 6.28. The molecule has 0 aliphatic carbocycles. The van der Waals surface area contributed by atoms with Crippen LogP contribution in [0, 0.1) is 13.8 Å². The van der Waals surface area contributed by atoms with Crippen LogP contribution in [0.2, 0.25) is 0 Å². The van der Waals surface area contributed by atoms with Crippen molar-refractivity contribution in [2.75, 3.05) is 12.4 Å². The highest BCUT2D eigenvalue weighted by molar-refractivity contribution is 7.99. The molecule has 1 amide bonds. The molecule has 25 heavy (non-hydrogen) atoms. The Morgan fingerprint density at radius 3 is 2.36 bits per heavy atom. The zero-order valence-corrected chi connectivity index (χ0v) is 16.3. The molecule has 0 fully saturated rings. The third-order valence-corrected chi connectivity index (χ3v) is 4.86. The molecule has 0 spiro atoms. The fourth-order valence-corrected chi connectivity index (χ4v) is 3.57. The minimum absolute atomic E-state index is 0.00927. The smallest absolute Gasteiger partial charge is 0.230 e. The van der Waals surface area contributed by atoms with Crippen molar-refractivity contribution >= 4 is 17.7 Å². The Kier molecular flexibility index (Phi) is 7.38. The fourth-order valence-electron chi connectivity index (χ4n) is 2.80. The van der Waals surface area contributed by atoms with Gasteiger partial charge in [-0.05, 0) is 51.0 Å². The number of carbonyl (C=O) groups is 1. The van der Waals surface area contributed by atoms with E-state index in [1.807, 2.05) is 38.1 Å². The molecule has 0 heterocycles. The van der Waals surface area contributed by atoms with Gasteiger partial charge in [-0.2, -0.15) is 0 Å². The van der Waals surface area contributed by atoms with E-state index in [2.05, 4.69) is 37.4 Å². The highest BCUT2D eigenvalue weighted by Crippen LogP contribution is 2.19. The largest absolute Gasteiger partial charge is 0.494 e. The molecule has 0 unspecified atom stereocenters. The first kappa shape index (κ1) is 19.4. The van der Waals surface area contributed by atoms with Crippen LogP contribution in [0.5, 0.6) is 5.75 Å². The van der Waals surface area contributed by atoms with Gasteiger partial charge in [-0.3, -0.25) is 4.79 Å². The zero-order chi connectivity index (χ0) is 18.2. The van der Waals surface area contributed by atoms with Gasteiger partial charge in [-0.15, -0.1) is 11.8 Å². The van der Waals surface area contributed by atoms with Crippen LogP contribution in [0.4, 0.5) is 0 Å². The molecule has 0 aliphatic rings. The predicted molar refractivity (Wildman–Crippen MR) is 106 cm³/mol. The maximum Gasteiger partial charge on any atom is 0.230 e. The zero-order valence-electron chi connectivity index (χ0n) is 15.5. The summed E-state index contributed by atoms with van der Waals surface area (Å²) in [5, 5.41) is 3.06. The van der Waals surface area contributed by atoms with E-state index in [0.717, 1.165) is 17.1 Å². The van der Waals surface area contributed by atoms with Gasteiger partial charge in [0.15, 0.2) is 0 Å². The monoisotopic (exact) mass is 357 g/mol. The Labute approximate surface area is 155 Å². The Hall–Kier alpha value is -1.94. The number of amides is 1. The highest BCUT2D eigenvalue weighted by Gasteiger charge is 2.10. The molecule has 0 aliphatic heterocycles. The van der Waals surface area contributed by atoms with E-state index in [9.17, 15) is 4.79 Å². The third kappa shape index (κ3) is 6.46. The number of rotatable bonds is 8. The van der Waals surface area contributed by atoms with Crippen LogP contribution >= 0.6 is 11.8 Å². The molecule has 2 aromatic rings. The molecule has 0 radical (unpaired) electrons. The van der Waals surface area contributed by atoms with Crippen molar-refractivity contribution in [3.63, 3.8) is 0 Å². The van der Waals surface area contributed by atoms with Crippen LogP contribution in [-0.2, 0) is 10.5 Å². The molecule has 2 aromatic carbocycles. The summed E-state index contributed by atoms with van der Waals surface area (Å²) in [5.41, 5.74) is 4.89. The van der Waals surface area contributed by atoms with Crippen LogP contribution in [0.25, 0.3) is 0 Å². The molecule has 2 rings (SSSR count). The number of hydrogen-bond acceptors (Lipinski definition) is 3. The summed E-state index contributed by atoms with van der Waals surface area (Å²) in [6, 6.07) is 14.4. The van der Waals surface area contributed by atoms with Crippen molar-refractivity contribution in [2.45, 2.75) is 39.5 Å². The van der Waals surface area contributed by atoms with E-state index in [1.54, 1.807) is 11.8 Å². The van der Waals surface area contributed by atoms with E-state index in [0.29, 0.717) is 12.4 Å². The van der Waals surface area contributed by atoms with Crippen LogP contribution in [0.3, 0.4) is 0 Å². The summed E-state index contributed by atoms with van der Waals surface area (Å²) in [6.07, 6.45) is 0. The molecular formula is C21H27NO2S. The number of hydrogen-bond donors (Lipinski definition) is 1. The van der Waals surface area contributed by atoms with Crippen molar-refractivity contribution in [2.24, 2.45) is 0 Å². The third-order valence-electron chi connectivity index (χ3n) is 3.85. The molecule has 0 aromatic heterocycles. The Balaban J connectivity index is 1.79. The molecule has 0 saturated heterocycles. The van der Waals surface area contributed by atoms with Crippen LogP contribution in [-0.4, -0.2) is 18.3 Å². The quantitative estimate of drug-likeness (QED) is 0.736. The molecular weight excluding hydrogens is 330 g/mol. The van der Waals surface area contributed by atoms with Gasteiger partial charge < -0.3 is 10.1 Å². The van der Waals surface area contributed by atoms with Crippen LogP contribution < -0.4 is 10.1 Å². The highest BCUT2D eigenvalue weighted by atomic mass is 32.2. The van der Waals surface area contributed by atoms with Crippen molar-refractivity contribution in [3.05, 3.63) is 64.7 Å². The number of benzene rings is 2. The van der Waals surface area contributed by atoms with E-state index in [1.165, 1.54) is 16.7 Å².